The zero-order valence-corrected chi connectivity index (χ0v) is 12.7. The second kappa shape index (κ2) is 4.85. The first-order chi connectivity index (χ1) is 9.93. The Bertz CT molecular complexity index is 707. The van der Waals surface area contributed by atoms with Crippen LogP contribution >= 0.6 is 0 Å². The van der Waals surface area contributed by atoms with Crippen LogP contribution in [0.4, 0.5) is 0 Å². The minimum atomic E-state index is -1.49. The number of rotatable bonds is 1. The first kappa shape index (κ1) is 11.8. The van der Waals surface area contributed by atoms with E-state index in [4.69, 9.17) is 4.74 Å². The molecule has 0 radical (unpaired) electrons. The van der Waals surface area contributed by atoms with E-state index in [1.807, 2.05) is 12.1 Å². The standard InChI is InChI=1S/C18H13AsO/c1-2-8-14(9-3-1)19-15-10-4-6-12-17(15)20-18-13-7-5-11-16(18)19/h1-13H. The van der Waals surface area contributed by atoms with Crippen LogP contribution < -0.4 is 17.8 Å². The van der Waals surface area contributed by atoms with E-state index in [-0.39, 0.29) is 0 Å². The van der Waals surface area contributed by atoms with Crippen molar-refractivity contribution in [1.82, 2.24) is 0 Å². The number of benzene rings is 3. The molecule has 3 aromatic rings. The van der Waals surface area contributed by atoms with E-state index in [1.165, 1.54) is 13.1 Å². The molecule has 4 rings (SSSR count). The molecule has 96 valence electrons. The number of hydrogen-bond donors (Lipinski definition) is 0. The molecule has 0 bridgehead atoms. The predicted octanol–water partition coefficient (Wildman–Crippen LogP) is 2.31. The SMILES string of the molecule is c1ccc([As]2c3ccccc3Oc3ccccc32)cc1. The van der Waals surface area contributed by atoms with Crippen molar-refractivity contribution in [3.05, 3.63) is 78.9 Å². The molecule has 0 amide bonds. The number of hydrogen-bond acceptors (Lipinski definition) is 1. The van der Waals surface area contributed by atoms with Crippen LogP contribution in [0.25, 0.3) is 0 Å². The molecule has 1 nitrogen and oxygen atoms in total. The fourth-order valence-corrected chi connectivity index (χ4v) is 7.67. The first-order valence-electron chi connectivity index (χ1n) is 6.64. The van der Waals surface area contributed by atoms with E-state index < -0.39 is 14.7 Å². The molecule has 1 aliphatic heterocycles. The van der Waals surface area contributed by atoms with Crippen molar-refractivity contribution in [3.8, 4) is 11.5 Å². The molecule has 0 N–H and O–H groups in total. The van der Waals surface area contributed by atoms with Crippen molar-refractivity contribution in [3.63, 3.8) is 0 Å². The van der Waals surface area contributed by atoms with Gasteiger partial charge in [-0.05, 0) is 0 Å². The van der Waals surface area contributed by atoms with Crippen LogP contribution in [-0.2, 0) is 0 Å². The van der Waals surface area contributed by atoms with Gasteiger partial charge in [0.05, 0.1) is 0 Å². The van der Waals surface area contributed by atoms with E-state index in [1.54, 1.807) is 0 Å². The molecular formula is C18H13AsO. The summed E-state index contributed by atoms with van der Waals surface area (Å²) < 4.78 is 10.3. The molecule has 0 spiro atoms. The summed E-state index contributed by atoms with van der Waals surface area (Å²) in [5, 5.41) is 0. The van der Waals surface area contributed by atoms with Gasteiger partial charge in [-0.2, -0.15) is 0 Å². The second-order valence-corrected chi connectivity index (χ2v) is 9.22. The van der Waals surface area contributed by atoms with E-state index >= 15 is 0 Å². The topological polar surface area (TPSA) is 9.23 Å². The van der Waals surface area contributed by atoms with Gasteiger partial charge in [0.1, 0.15) is 0 Å². The molecule has 20 heavy (non-hydrogen) atoms. The number of ether oxygens (including phenoxy) is 1. The summed E-state index contributed by atoms with van der Waals surface area (Å²) in [7, 11) is 0. The Morgan fingerprint density at radius 2 is 1.05 bits per heavy atom. The maximum atomic E-state index is 6.07. The van der Waals surface area contributed by atoms with E-state index in [0.29, 0.717) is 0 Å². The third-order valence-corrected chi connectivity index (χ3v) is 8.73. The summed E-state index contributed by atoms with van der Waals surface area (Å²) in [4.78, 5) is 0. The number of fused-ring (bicyclic) bond motifs is 2. The Labute approximate surface area is 123 Å². The summed E-state index contributed by atoms with van der Waals surface area (Å²) in [6.45, 7) is 0. The van der Waals surface area contributed by atoms with Crippen molar-refractivity contribution < 1.29 is 4.74 Å². The molecule has 0 aliphatic carbocycles. The average Bonchev–Trinajstić information content (AvgIpc) is 2.53. The zero-order chi connectivity index (χ0) is 13.4. The summed E-state index contributed by atoms with van der Waals surface area (Å²) >= 11 is -1.49. The van der Waals surface area contributed by atoms with Crippen molar-refractivity contribution in [2.75, 3.05) is 0 Å². The Morgan fingerprint density at radius 3 is 1.65 bits per heavy atom. The third kappa shape index (κ3) is 1.86. The molecule has 0 saturated heterocycles. The van der Waals surface area contributed by atoms with Gasteiger partial charge in [-0.25, -0.2) is 0 Å². The second-order valence-electron chi connectivity index (χ2n) is 4.71. The molecule has 2 heteroatoms. The van der Waals surface area contributed by atoms with Gasteiger partial charge in [0.2, 0.25) is 0 Å². The van der Waals surface area contributed by atoms with Crippen LogP contribution in [0.2, 0.25) is 0 Å². The molecule has 0 atom stereocenters. The molecule has 0 saturated carbocycles. The van der Waals surface area contributed by atoms with Crippen LogP contribution in [0.1, 0.15) is 0 Å². The maximum absolute atomic E-state index is 6.07. The number of para-hydroxylation sites is 2. The van der Waals surface area contributed by atoms with Gasteiger partial charge in [0, 0.05) is 0 Å². The fraction of sp³-hybridized carbons (Fsp3) is 0. The van der Waals surface area contributed by atoms with Gasteiger partial charge >= 0.3 is 123 Å². The predicted molar refractivity (Wildman–Crippen MR) is 84.1 cm³/mol. The minimum absolute atomic E-state index is 1.02. The molecule has 1 aliphatic rings. The van der Waals surface area contributed by atoms with Crippen LogP contribution in [0.15, 0.2) is 78.9 Å². The molecule has 1 heterocycles. The van der Waals surface area contributed by atoms with E-state index in [2.05, 4.69) is 66.7 Å². The van der Waals surface area contributed by atoms with Gasteiger partial charge in [-0.1, -0.05) is 0 Å². The third-order valence-electron chi connectivity index (χ3n) is 3.45. The first-order valence-corrected chi connectivity index (χ1v) is 9.46. The summed E-state index contributed by atoms with van der Waals surface area (Å²) in [6.07, 6.45) is 0. The van der Waals surface area contributed by atoms with Crippen molar-refractivity contribution in [2.45, 2.75) is 0 Å². The monoisotopic (exact) mass is 320 g/mol. The van der Waals surface area contributed by atoms with Crippen molar-refractivity contribution >= 4 is 27.7 Å². The molecule has 0 aromatic heterocycles. The normalized spacial score (nSPS) is 13.2. The van der Waals surface area contributed by atoms with Crippen LogP contribution in [0.5, 0.6) is 11.5 Å². The average molecular weight is 320 g/mol. The van der Waals surface area contributed by atoms with Gasteiger partial charge in [0.25, 0.3) is 0 Å². The fourth-order valence-electron chi connectivity index (χ4n) is 2.56. The van der Waals surface area contributed by atoms with Crippen LogP contribution in [0, 0.1) is 0 Å². The van der Waals surface area contributed by atoms with E-state index in [9.17, 15) is 0 Å². The van der Waals surface area contributed by atoms with Crippen molar-refractivity contribution in [2.24, 2.45) is 0 Å². The van der Waals surface area contributed by atoms with Gasteiger partial charge in [0.15, 0.2) is 0 Å². The zero-order valence-electron chi connectivity index (χ0n) is 10.9. The van der Waals surface area contributed by atoms with Crippen LogP contribution in [-0.4, -0.2) is 14.7 Å². The molecular weight excluding hydrogens is 307 g/mol. The molecule has 0 fully saturated rings. The summed E-state index contributed by atoms with van der Waals surface area (Å²) in [6, 6.07) is 27.8. The Kier molecular flexibility index (Phi) is 2.86. The van der Waals surface area contributed by atoms with Crippen molar-refractivity contribution in [1.29, 1.82) is 0 Å². The van der Waals surface area contributed by atoms with Gasteiger partial charge in [-0.3, -0.25) is 0 Å². The molecule has 3 aromatic carbocycles. The Balaban J connectivity index is 1.98. The Hall–Kier alpha value is -1.98. The molecule has 0 unspecified atom stereocenters. The summed E-state index contributed by atoms with van der Waals surface area (Å²) in [5.41, 5.74) is 0. The summed E-state index contributed by atoms with van der Waals surface area (Å²) in [5.74, 6) is 2.05. The van der Waals surface area contributed by atoms with Crippen LogP contribution in [0.3, 0.4) is 0 Å². The quantitative estimate of drug-likeness (QED) is 0.489. The van der Waals surface area contributed by atoms with Gasteiger partial charge < -0.3 is 0 Å². The Morgan fingerprint density at radius 1 is 0.550 bits per heavy atom. The van der Waals surface area contributed by atoms with E-state index in [0.717, 1.165) is 11.5 Å². The van der Waals surface area contributed by atoms with Gasteiger partial charge in [-0.15, -0.1) is 0 Å².